The van der Waals surface area contributed by atoms with Crippen LogP contribution in [0.4, 0.5) is 0 Å². The molecule has 18 heavy (non-hydrogen) atoms. The Morgan fingerprint density at radius 1 is 1.33 bits per heavy atom. The van der Waals surface area contributed by atoms with Gasteiger partial charge in [0.25, 0.3) is 0 Å². The molecule has 0 aliphatic carbocycles. The van der Waals surface area contributed by atoms with Crippen molar-refractivity contribution in [3.63, 3.8) is 0 Å². The van der Waals surface area contributed by atoms with E-state index >= 15 is 0 Å². The van der Waals surface area contributed by atoms with E-state index in [1.54, 1.807) is 12.5 Å². The quantitative estimate of drug-likeness (QED) is 0.848. The lowest BCUT2D eigenvalue weighted by molar-refractivity contribution is -0.123. The molecule has 0 fully saturated rings. The highest BCUT2D eigenvalue weighted by molar-refractivity contribution is 5.76. The van der Waals surface area contributed by atoms with Gasteiger partial charge in [0.2, 0.25) is 5.91 Å². The Labute approximate surface area is 109 Å². The van der Waals surface area contributed by atoms with Gasteiger partial charge in [-0.3, -0.25) is 4.79 Å². The fourth-order valence-corrected chi connectivity index (χ4v) is 1.71. The van der Waals surface area contributed by atoms with Gasteiger partial charge in [0.15, 0.2) is 0 Å². The lowest BCUT2D eigenvalue weighted by Gasteiger charge is -2.26. The van der Waals surface area contributed by atoms with E-state index in [-0.39, 0.29) is 23.5 Å². The van der Waals surface area contributed by atoms with E-state index in [0.29, 0.717) is 0 Å². The van der Waals surface area contributed by atoms with Crippen molar-refractivity contribution in [3.05, 3.63) is 18.2 Å². The van der Waals surface area contributed by atoms with Crippen LogP contribution in [0.3, 0.4) is 0 Å². The first-order chi connectivity index (χ1) is 8.15. The molecule has 0 unspecified atom stereocenters. The molecule has 102 valence electrons. The van der Waals surface area contributed by atoms with Crippen molar-refractivity contribution in [1.29, 1.82) is 0 Å². The maximum atomic E-state index is 11.9. The van der Waals surface area contributed by atoms with Crippen LogP contribution in [0.25, 0.3) is 0 Å². The molecule has 1 aromatic heterocycles. The molecule has 0 aliphatic heterocycles. The first-order valence-electron chi connectivity index (χ1n) is 6.16. The average molecular weight is 252 g/mol. The van der Waals surface area contributed by atoms with E-state index in [0.717, 1.165) is 5.69 Å². The van der Waals surface area contributed by atoms with Gasteiger partial charge in [0, 0.05) is 5.54 Å². The van der Waals surface area contributed by atoms with Crippen LogP contribution >= 0.6 is 0 Å². The van der Waals surface area contributed by atoms with E-state index < -0.39 is 0 Å². The second-order valence-electron chi connectivity index (χ2n) is 6.08. The average Bonchev–Trinajstić information content (AvgIpc) is 2.63. The standard InChI is InChI=1S/C13H24N4O/c1-12(2,3)16-11(18)8-17-9-15-7-10(17)13(4,5)14-6/h7,9,14H,8H2,1-6H3,(H,16,18). The van der Waals surface area contributed by atoms with Gasteiger partial charge in [-0.15, -0.1) is 0 Å². The number of amides is 1. The van der Waals surface area contributed by atoms with Crippen LogP contribution in [0.2, 0.25) is 0 Å². The summed E-state index contributed by atoms with van der Waals surface area (Å²) in [5.41, 5.74) is 0.573. The fraction of sp³-hybridized carbons (Fsp3) is 0.692. The van der Waals surface area contributed by atoms with Crippen LogP contribution in [0.5, 0.6) is 0 Å². The van der Waals surface area contributed by atoms with Crippen LogP contribution in [0.15, 0.2) is 12.5 Å². The first kappa shape index (κ1) is 14.7. The number of nitrogens with one attached hydrogen (secondary N) is 2. The number of aromatic nitrogens is 2. The van der Waals surface area contributed by atoms with Gasteiger partial charge in [-0.1, -0.05) is 0 Å². The van der Waals surface area contributed by atoms with Crippen LogP contribution in [-0.2, 0) is 16.9 Å². The molecule has 0 bridgehead atoms. The zero-order valence-corrected chi connectivity index (χ0v) is 12.2. The summed E-state index contributed by atoms with van der Waals surface area (Å²) in [6.45, 7) is 10.3. The molecule has 0 radical (unpaired) electrons. The number of imidazole rings is 1. The normalized spacial score (nSPS) is 12.6. The van der Waals surface area contributed by atoms with E-state index in [1.165, 1.54) is 0 Å². The molecule has 0 saturated carbocycles. The van der Waals surface area contributed by atoms with Gasteiger partial charge < -0.3 is 15.2 Å². The van der Waals surface area contributed by atoms with Crippen molar-refractivity contribution in [1.82, 2.24) is 20.2 Å². The molecule has 0 saturated heterocycles. The largest absolute Gasteiger partial charge is 0.350 e. The maximum absolute atomic E-state index is 11.9. The summed E-state index contributed by atoms with van der Waals surface area (Å²) in [5, 5.41) is 6.16. The molecule has 1 aromatic rings. The number of carbonyl (C=O) groups is 1. The highest BCUT2D eigenvalue weighted by atomic mass is 16.2. The van der Waals surface area contributed by atoms with Gasteiger partial charge in [-0.25, -0.2) is 4.98 Å². The molecule has 5 nitrogen and oxygen atoms in total. The molecule has 0 aromatic carbocycles. The summed E-state index contributed by atoms with van der Waals surface area (Å²) in [5.74, 6) is -0.00588. The Kier molecular flexibility index (Phi) is 4.16. The van der Waals surface area contributed by atoms with Crippen molar-refractivity contribution in [2.75, 3.05) is 7.05 Å². The summed E-state index contributed by atoms with van der Waals surface area (Å²) in [4.78, 5) is 16.0. The predicted molar refractivity (Wildman–Crippen MR) is 72.2 cm³/mol. The lowest BCUT2D eigenvalue weighted by atomic mass is 10.0. The predicted octanol–water partition coefficient (Wildman–Crippen LogP) is 1.25. The van der Waals surface area contributed by atoms with Crippen molar-refractivity contribution >= 4 is 5.91 Å². The minimum absolute atomic E-state index is 0.00588. The van der Waals surface area contributed by atoms with E-state index in [9.17, 15) is 4.79 Å². The third-order valence-corrected chi connectivity index (χ3v) is 2.81. The smallest absolute Gasteiger partial charge is 0.240 e. The van der Waals surface area contributed by atoms with Gasteiger partial charge in [-0.2, -0.15) is 0 Å². The van der Waals surface area contributed by atoms with E-state index in [2.05, 4.69) is 29.5 Å². The molecular formula is C13H24N4O. The summed E-state index contributed by atoms with van der Waals surface area (Å²) in [6.07, 6.45) is 3.48. The van der Waals surface area contributed by atoms with Crippen molar-refractivity contribution in [2.45, 2.75) is 52.2 Å². The lowest BCUT2D eigenvalue weighted by Crippen LogP contribution is -2.43. The Morgan fingerprint density at radius 2 is 1.94 bits per heavy atom. The number of hydrogen-bond acceptors (Lipinski definition) is 3. The Balaban J connectivity index is 2.81. The van der Waals surface area contributed by atoms with Gasteiger partial charge in [0.05, 0.1) is 23.8 Å². The van der Waals surface area contributed by atoms with Gasteiger partial charge >= 0.3 is 0 Å². The monoisotopic (exact) mass is 252 g/mol. The van der Waals surface area contributed by atoms with E-state index in [4.69, 9.17) is 0 Å². The van der Waals surface area contributed by atoms with Crippen molar-refractivity contribution < 1.29 is 4.79 Å². The summed E-state index contributed by atoms with van der Waals surface area (Å²) in [6, 6.07) is 0. The fourth-order valence-electron chi connectivity index (χ4n) is 1.71. The molecule has 1 amide bonds. The molecule has 0 atom stereocenters. The molecule has 0 spiro atoms. The number of hydrogen-bond donors (Lipinski definition) is 2. The summed E-state index contributed by atoms with van der Waals surface area (Å²) in [7, 11) is 1.90. The van der Waals surface area contributed by atoms with Crippen LogP contribution in [0.1, 0.15) is 40.3 Å². The summed E-state index contributed by atoms with van der Waals surface area (Å²) < 4.78 is 1.87. The van der Waals surface area contributed by atoms with Crippen LogP contribution in [0, 0.1) is 0 Å². The molecular weight excluding hydrogens is 228 g/mol. The molecule has 5 heteroatoms. The minimum atomic E-state index is -0.212. The Hall–Kier alpha value is -1.36. The Bertz CT molecular complexity index is 415. The van der Waals surface area contributed by atoms with Gasteiger partial charge in [0.1, 0.15) is 6.54 Å². The number of nitrogens with zero attached hydrogens (tertiary/aromatic N) is 2. The van der Waals surface area contributed by atoms with E-state index in [1.807, 2.05) is 32.4 Å². The Morgan fingerprint density at radius 3 is 2.44 bits per heavy atom. The maximum Gasteiger partial charge on any atom is 0.240 e. The van der Waals surface area contributed by atoms with Crippen LogP contribution in [-0.4, -0.2) is 28.0 Å². The number of rotatable bonds is 4. The van der Waals surface area contributed by atoms with Crippen LogP contribution < -0.4 is 10.6 Å². The van der Waals surface area contributed by atoms with Gasteiger partial charge in [-0.05, 0) is 41.7 Å². The number of carbonyl (C=O) groups excluding carboxylic acids is 1. The van der Waals surface area contributed by atoms with Crippen molar-refractivity contribution in [2.24, 2.45) is 0 Å². The summed E-state index contributed by atoms with van der Waals surface area (Å²) >= 11 is 0. The topological polar surface area (TPSA) is 59.0 Å². The second-order valence-corrected chi connectivity index (χ2v) is 6.08. The first-order valence-corrected chi connectivity index (χ1v) is 6.16. The minimum Gasteiger partial charge on any atom is -0.350 e. The highest BCUT2D eigenvalue weighted by Crippen LogP contribution is 2.18. The SMILES string of the molecule is CNC(C)(C)c1cncn1CC(=O)NC(C)(C)C. The molecule has 2 N–H and O–H groups in total. The highest BCUT2D eigenvalue weighted by Gasteiger charge is 2.23. The molecule has 1 rings (SSSR count). The second kappa shape index (κ2) is 5.10. The zero-order chi connectivity index (χ0) is 14.0. The molecule has 1 heterocycles. The van der Waals surface area contributed by atoms with Crippen molar-refractivity contribution in [3.8, 4) is 0 Å². The molecule has 0 aliphatic rings. The zero-order valence-electron chi connectivity index (χ0n) is 12.2. The third-order valence-electron chi connectivity index (χ3n) is 2.81. The third kappa shape index (κ3) is 3.84.